The fourth-order valence-corrected chi connectivity index (χ4v) is 1.94. The Kier molecular flexibility index (Phi) is 5.51. The summed E-state index contributed by atoms with van der Waals surface area (Å²) in [4.78, 5) is 11.4. The van der Waals surface area contributed by atoms with E-state index >= 15 is 0 Å². The standard InChI is InChI=1S/C14H20N2O4S/c1-14(2,3)20-13(17)16-10-4-5-11-6-8-12(9-7-11)21(15,18)19/h4-9H,10H2,1-3H3,(H,16,17)(H2,15,18,19). The molecule has 0 radical (unpaired) electrons. The van der Waals surface area contributed by atoms with Gasteiger partial charge in [0.2, 0.25) is 10.0 Å². The van der Waals surface area contributed by atoms with E-state index in [0.29, 0.717) is 6.54 Å². The van der Waals surface area contributed by atoms with Gasteiger partial charge in [0.15, 0.2) is 0 Å². The number of hydrogen-bond donors (Lipinski definition) is 2. The number of benzene rings is 1. The van der Waals surface area contributed by atoms with Gasteiger partial charge in [-0.2, -0.15) is 0 Å². The van der Waals surface area contributed by atoms with Crippen LogP contribution in [-0.4, -0.2) is 26.7 Å². The third kappa shape index (κ3) is 6.92. The minimum atomic E-state index is -3.67. The Morgan fingerprint density at radius 2 is 1.86 bits per heavy atom. The molecule has 0 bridgehead atoms. The van der Waals surface area contributed by atoms with Crippen LogP contribution in [0.15, 0.2) is 35.2 Å². The Balaban J connectivity index is 2.49. The number of rotatable bonds is 4. The number of carbonyl (C=O) groups excluding carboxylic acids is 1. The molecule has 0 aliphatic rings. The van der Waals surface area contributed by atoms with Gasteiger partial charge in [0.25, 0.3) is 0 Å². The fraction of sp³-hybridized carbons (Fsp3) is 0.357. The van der Waals surface area contributed by atoms with Crippen molar-refractivity contribution in [3.05, 3.63) is 35.9 Å². The molecule has 1 rings (SSSR count). The van der Waals surface area contributed by atoms with E-state index in [9.17, 15) is 13.2 Å². The van der Waals surface area contributed by atoms with E-state index in [1.165, 1.54) is 12.1 Å². The molecule has 21 heavy (non-hydrogen) atoms. The summed E-state index contributed by atoms with van der Waals surface area (Å²) in [6, 6.07) is 6.11. The molecule has 0 fully saturated rings. The van der Waals surface area contributed by atoms with Crippen LogP contribution in [0.5, 0.6) is 0 Å². The van der Waals surface area contributed by atoms with Gasteiger partial charge < -0.3 is 10.1 Å². The predicted molar refractivity (Wildman–Crippen MR) is 81.1 cm³/mol. The summed E-state index contributed by atoms with van der Waals surface area (Å²) in [5.41, 5.74) is 0.269. The van der Waals surface area contributed by atoms with E-state index in [-0.39, 0.29) is 4.90 Å². The van der Waals surface area contributed by atoms with Crippen molar-refractivity contribution in [2.75, 3.05) is 6.54 Å². The second-order valence-corrected chi connectivity index (χ2v) is 6.96. The van der Waals surface area contributed by atoms with Gasteiger partial charge in [0.1, 0.15) is 5.60 Å². The lowest BCUT2D eigenvalue weighted by Crippen LogP contribution is -2.32. The van der Waals surface area contributed by atoms with Gasteiger partial charge in [-0.25, -0.2) is 18.4 Å². The molecule has 1 aromatic rings. The maximum Gasteiger partial charge on any atom is 0.407 e. The van der Waals surface area contributed by atoms with Gasteiger partial charge in [0, 0.05) is 6.54 Å². The summed E-state index contributed by atoms with van der Waals surface area (Å²) in [5, 5.41) is 7.59. The van der Waals surface area contributed by atoms with Crippen LogP contribution in [0.3, 0.4) is 0 Å². The highest BCUT2D eigenvalue weighted by Gasteiger charge is 2.14. The number of nitrogens with one attached hydrogen (secondary N) is 1. The SMILES string of the molecule is CC(C)(C)OC(=O)NCC=Cc1ccc(S(N)(=O)=O)cc1. The average Bonchev–Trinajstić information content (AvgIpc) is 2.32. The fourth-order valence-electron chi connectivity index (χ4n) is 1.42. The quantitative estimate of drug-likeness (QED) is 0.886. The molecule has 0 heterocycles. The molecule has 1 amide bonds. The van der Waals surface area contributed by atoms with Crippen molar-refractivity contribution in [2.24, 2.45) is 5.14 Å². The van der Waals surface area contributed by atoms with E-state index in [1.54, 1.807) is 45.1 Å². The molecular formula is C14H20N2O4S. The molecule has 0 aromatic heterocycles. The van der Waals surface area contributed by atoms with Crippen molar-refractivity contribution in [1.82, 2.24) is 5.32 Å². The first kappa shape index (κ1) is 17.2. The topological polar surface area (TPSA) is 98.5 Å². The number of sulfonamides is 1. The Hall–Kier alpha value is -1.86. The molecule has 0 saturated heterocycles. The van der Waals surface area contributed by atoms with Crippen LogP contribution in [0.2, 0.25) is 0 Å². The molecule has 0 spiro atoms. The smallest absolute Gasteiger partial charge is 0.407 e. The van der Waals surface area contributed by atoms with Gasteiger partial charge in [-0.15, -0.1) is 0 Å². The van der Waals surface area contributed by atoms with Crippen LogP contribution in [0.1, 0.15) is 26.3 Å². The lowest BCUT2D eigenvalue weighted by molar-refractivity contribution is 0.0534. The number of amides is 1. The first-order chi connectivity index (χ1) is 9.58. The van der Waals surface area contributed by atoms with Gasteiger partial charge >= 0.3 is 6.09 Å². The zero-order valence-corrected chi connectivity index (χ0v) is 13.1. The first-order valence-electron chi connectivity index (χ1n) is 6.34. The van der Waals surface area contributed by atoms with Gasteiger partial charge in [-0.3, -0.25) is 0 Å². The van der Waals surface area contributed by atoms with E-state index in [1.807, 2.05) is 0 Å². The average molecular weight is 312 g/mol. The van der Waals surface area contributed by atoms with Crippen LogP contribution in [0.25, 0.3) is 6.08 Å². The number of primary sulfonamides is 1. The van der Waals surface area contributed by atoms with E-state index < -0.39 is 21.7 Å². The maximum absolute atomic E-state index is 11.4. The third-order valence-electron chi connectivity index (χ3n) is 2.28. The van der Waals surface area contributed by atoms with Crippen LogP contribution in [0, 0.1) is 0 Å². The van der Waals surface area contributed by atoms with Gasteiger partial charge in [0.05, 0.1) is 4.90 Å². The van der Waals surface area contributed by atoms with E-state index in [4.69, 9.17) is 9.88 Å². The Morgan fingerprint density at radius 3 is 2.33 bits per heavy atom. The van der Waals surface area contributed by atoms with Crippen molar-refractivity contribution in [3.8, 4) is 0 Å². The Bertz CT molecular complexity index is 613. The predicted octanol–water partition coefficient (Wildman–Crippen LogP) is 1.87. The second-order valence-electron chi connectivity index (χ2n) is 5.40. The lowest BCUT2D eigenvalue weighted by Gasteiger charge is -2.19. The second kappa shape index (κ2) is 6.73. The summed E-state index contributed by atoms with van der Waals surface area (Å²) in [6.07, 6.45) is 3.00. The zero-order valence-electron chi connectivity index (χ0n) is 12.3. The molecule has 3 N–H and O–H groups in total. The third-order valence-corrected chi connectivity index (χ3v) is 3.21. The van der Waals surface area contributed by atoms with Crippen LogP contribution in [-0.2, 0) is 14.8 Å². The van der Waals surface area contributed by atoms with Crippen molar-refractivity contribution >= 4 is 22.2 Å². The number of hydrogen-bond acceptors (Lipinski definition) is 4. The molecule has 0 unspecified atom stereocenters. The van der Waals surface area contributed by atoms with Crippen molar-refractivity contribution < 1.29 is 17.9 Å². The molecule has 0 atom stereocenters. The highest BCUT2D eigenvalue weighted by Crippen LogP contribution is 2.10. The molecule has 7 heteroatoms. The van der Waals surface area contributed by atoms with Crippen molar-refractivity contribution in [2.45, 2.75) is 31.3 Å². The zero-order chi connectivity index (χ0) is 16.1. The highest BCUT2D eigenvalue weighted by atomic mass is 32.2. The maximum atomic E-state index is 11.4. The van der Waals surface area contributed by atoms with E-state index in [0.717, 1.165) is 5.56 Å². The Labute approximate surface area is 125 Å². The summed E-state index contributed by atoms with van der Waals surface area (Å²) in [6.45, 7) is 5.67. The van der Waals surface area contributed by atoms with Crippen molar-refractivity contribution in [3.63, 3.8) is 0 Å². The largest absolute Gasteiger partial charge is 0.444 e. The Morgan fingerprint density at radius 1 is 1.29 bits per heavy atom. The number of nitrogens with two attached hydrogens (primary N) is 1. The number of ether oxygens (including phenoxy) is 1. The normalized spacial score (nSPS) is 12.4. The molecule has 116 valence electrons. The molecule has 1 aromatic carbocycles. The molecule has 0 aliphatic carbocycles. The van der Waals surface area contributed by atoms with Crippen LogP contribution in [0.4, 0.5) is 4.79 Å². The minimum Gasteiger partial charge on any atom is -0.444 e. The minimum absolute atomic E-state index is 0.0616. The summed E-state index contributed by atoms with van der Waals surface area (Å²) < 4.78 is 27.3. The summed E-state index contributed by atoms with van der Waals surface area (Å²) in [7, 11) is -3.67. The highest BCUT2D eigenvalue weighted by molar-refractivity contribution is 7.89. The van der Waals surface area contributed by atoms with Crippen molar-refractivity contribution in [1.29, 1.82) is 0 Å². The summed E-state index contributed by atoms with van der Waals surface area (Å²) in [5.74, 6) is 0. The number of carbonyl (C=O) groups is 1. The lowest BCUT2D eigenvalue weighted by atomic mass is 10.2. The monoisotopic (exact) mass is 312 g/mol. The molecule has 0 saturated carbocycles. The van der Waals surface area contributed by atoms with Crippen LogP contribution >= 0.6 is 0 Å². The first-order valence-corrected chi connectivity index (χ1v) is 7.89. The van der Waals surface area contributed by atoms with Crippen LogP contribution < -0.4 is 10.5 Å². The molecule has 6 nitrogen and oxygen atoms in total. The van der Waals surface area contributed by atoms with E-state index in [2.05, 4.69) is 5.32 Å². The van der Waals surface area contributed by atoms with Gasteiger partial charge in [-0.05, 0) is 38.5 Å². The van der Waals surface area contributed by atoms with Gasteiger partial charge in [-0.1, -0.05) is 24.3 Å². The molecular weight excluding hydrogens is 292 g/mol. The number of alkyl carbamates (subject to hydrolysis) is 1. The molecule has 0 aliphatic heterocycles. The summed E-state index contributed by atoms with van der Waals surface area (Å²) >= 11 is 0.